The van der Waals surface area contributed by atoms with E-state index in [0.717, 1.165) is 5.56 Å². The van der Waals surface area contributed by atoms with Crippen LogP contribution in [-0.2, 0) is 5.60 Å². The van der Waals surface area contributed by atoms with Crippen molar-refractivity contribution in [2.24, 2.45) is 0 Å². The molecule has 0 aliphatic rings. The molecule has 1 aromatic heterocycles. The smallest absolute Gasteiger partial charge is 0.187 e. The van der Waals surface area contributed by atoms with Crippen LogP contribution in [0.5, 0.6) is 0 Å². The predicted molar refractivity (Wildman–Crippen MR) is 70.7 cm³/mol. The van der Waals surface area contributed by atoms with E-state index in [1.807, 2.05) is 30.3 Å². The Bertz CT molecular complexity index is 558. The molecule has 1 unspecified atom stereocenters. The van der Waals surface area contributed by atoms with E-state index < -0.39 is 5.60 Å². The number of benzene rings is 1. The number of hydrogen-bond donors (Lipinski definition) is 1. The minimum Gasteiger partial charge on any atom is -0.465 e. The van der Waals surface area contributed by atoms with Crippen LogP contribution in [0.25, 0.3) is 0 Å². The summed E-state index contributed by atoms with van der Waals surface area (Å²) in [4.78, 5) is 0. The standard InChI is InChI=1S/C16H14O2/c1-2-11-16(17,15-9-6-13-18-15)12-10-14-7-4-3-5-8-14/h2-9,13,17H,1,11H2. The lowest BCUT2D eigenvalue weighted by atomic mass is 9.97. The van der Waals surface area contributed by atoms with Crippen LogP contribution in [0, 0.1) is 11.8 Å². The summed E-state index contributed by atoms with van der Waals surface area (Å²) < 4.78 is 5.24. The second kappa shape index (κ2) is 5.39. The summed E-state index contributed by atoms with van der Waals surface area (Å²) in [6, 6.07) is 13.0. The highest BCUT2D eigenvalue weighted by Gasteiger charge is 2.28. The summed E-state index contributed by atoms with van der Waals surface area (Å²) in [5.41, 5.74) is -0.465. The van der Waals surface area contributed by atoms with Crippen molar-refractivity contribution in [3.05, 3.63) is 72.7 Å². The molecule has 0 amide bonds. The highest BCUT2D eigenvalue weighted by molar-refractivity contribution is 5.38. The van der Waals surface area contributed by atoms with Gasteiger partial charge in [-0.2, -0.15) is 0 Å². The van der Waals surface area contributed by atoms with Gasteiger partial charge >= 0.3 is 0 Å². The van der Waals surface area contributed by atoms with Crippen molar-refractivity contribution in [2.75, 3.05) is 0 Å². The Labute approximate surface area is 107 Å². The minimum atomic E-state index is -1.32. The first-order valence-corrected chi connectivity index (χ1v) is 5.70. The molecule has 1 atom stereocenters. The zero-order valence-electron chi connectivity index (χ0n) is 9.97. The predicted octanol–water partition coefficient (Wildman–Crippen LogP) is 3.10. The van der Waals surface area contributed by atoms with Crippen molar-refractivity contribution in [2.45, 2.75) is 12.0 Å². The normalized spacial score (nSPS) is 13.2. The molecule has 0 aliphatic heterocycles. The Morgan fingerprint density at radius 3 is 2.61 bits per heavy atom. The molecule has 18 heavy (non-hydrogen) atoms. The van der Waals surface area contributed by atoms with Crippen LogP contribution < -0.4 is 0 Å². The van der Waals surface area contributed by atoms with Crippen LogP contribution in [-0.4, -0.2) is 5.11 Å². The maximum atomic E-state index is 10.5. The van der Waals surface area contributed by atoms with Gasteiger partial charge in [-0.25, -0.2) is 0 Å². The highest BCUT2D eigenvalue weighted by atomic mass is 16.4. The van der Waals surface area contributed by atoms with Gasteiger partial charge in [0, 0.05) is 12.0 Å². The molecule has 1 N–H and O–H groups in total. The van der Waals surface area contributed by atoms with Gasteiger partial charge in [0.05, 0.1) is 6.26 Å². The van der Waals surface area contributed by atoms with Crippen molar-refractivity contribution in [1.29, 1.82) is 0 Å². The molecular formula is C16H14O2. The van der Waals surface area contributed by atoms with Crippen molar-refractivity contribution in [3.8, 4) is 11.8 Å². The summed E-state index contributed by atoms with van der Waals surface area (Å²) in [5, 5.41) is 10.5. The van der Waals surface area contributed by atoms with E-state index in [1.165, 1.54) is 6.26 Å². The summed E-state index contributed by atoms with van der Waals surface area (Å²) in [6.45, 7) is 3.64. The lowest BCUT2D eigenvalue weighted by Crippen LogP contribution is -2.21. The van der Waals surface area contributed by atoms with E-state index in [4.69, 9.17) is 4.42 Å². The fourth-order valence-corrected chi connectivity index (χ4v) is 1.63. The van der Waals surface area contributed by atoms with Gasteiger partial charge in [-0.15, -0.1) is 6.58 Å². The third-order valence-corrected chi connectivity index (χ3v) is 2.56. The maximum absolute atomic E-state index is 10.5. The Morgan fingerprint density at radius 1 is 1.22 bits per heavy atom. The maximum Gasteiger partial charge on any atom is 0.187 e. The third kappa shape index (κ3) is 2.71. The SMILES string of the molecule is C=CCC(O)(C#Cc1ccccc1)c1ccco1. The van der Waals surface area contributed by atoms with Gasteiger partial charge in [0.15, 0.2) is 5.60 Å². The Balaban J connectivity index is 2.33. The first-order valence-electron chi connectivity index (χ1n) is 5.70. The van der Waals surface area contributed by atoms with E-state index in [-0.39, 0.29) is 0 Å². The van der Waals surface area contributed by atoms with Crippen molar-refractivity contribution < 1.29 is 9.52 Å². The Morgan fingerprint density at radius 2 is 2.00 bits per heavy atom. The second-order valence-corrected chi connectivity index (χ2v) is 3.95. The van der Waals surface area contributed by atoms with Crippen LogP contribution in [0.1, 0.15) is 17.7 Å². The molecule has 1 aromatic carbocycles. The zero-order valence-corrected chi connectivity index (χ0v) is 9.97. The quantitative estimate of drug-likeness (QED) is 0.658. The summed E-state index contributed by atoms with van der Waals surface area (Å²) in [5.74, 6) is 6.24. The molecule has 0 bridgehead atoms. The van der Waals surface area contributed by atoms with Gasteiger partial charge in [-0.05, 0) is 24.3 Å². The Kier molecular flexibility index (Phi) is 3.66. The summed E-state index contributed by atoms with van der Waals surface area (Å²) in [6.07, 6.45) is 3.47. The highest BCUT2D eigenvalue weighted by Crippen LogP contribution is 2.25. The van der Waals surface area contributed by atoms with Crippen LogP contribution in [0.3, 0.4) is 0 Å². The average Bonchev–Trinajstić information content (AvgIpc) is 2.93. The molecule has 1 heterocycles. The van der Waals surface area contributed by atoms with Crippen LogP contribution >= 0.6 is 0 Å². The fourth-order valence-electron chi connectivity index (χ4n) is 1.63. The molecule has 0 saturated heterocycles. The molecule has 0 saturated carbocycles. The van der Waals surface area contributed by atoms with Gasteiger partial charge in [0.25, 0.3) is 0 Å². The lowest BCUT2D eigenvalue weighted by Gasteiger charge is -2.17. The molecule has 0 radical (unpaired) electrons. The van der Waals surface area contributed by atoms with E-state index in [2.05, 4.69) is 18.4 Å². The molecule has 90 valence electrons. The van der Waals surface area contributed by atoms with E-state index in [1.54, 1.807) is 18.2 Å². The van der Waals surface area contributed by atoms with Crippen molar-refractivity contribution in [3.63, 3.8) is 0 Å². The molecule has 2 rings (SSSR count). The molecular weight excluding hydrogens is 224 g/mol. The Hall–Kier alpha value is -2.24. The molecule has 2 nitrogen and oxygen atoms in total. The zero-order chi connectivity index (χ0) is 12.8. The molecule has 2 heteroatoms. The van der Waals surface area contributed by atoms with Gasteiger partial charge in [0.2, 0.25) is 0 Å². The molecule has 0 fully saturated rings. The van der Waals surface area contributed by atoms with Crippen molar-refractivity contribution in [1.82, 2.24) is 0 Å². The summed E-state index contributed by atoms with van der Waals surface area (Å²) >= 11 is 0. The largest absolute Gasteiger partial charge is 0.465 e. The van der Waals surface area contributed by atoms with Gasteiger partial charge in [-0.1, -0.05) is 36.1 Å². The minimum absolute atomic E-state index is 0.320. The second-order valence-electron chi connectivity index (χ2n) is 3.95. The van der Waals surface area contributed by atoms with Gasteiger partial charge in [-0.3, -0.25) is 0 Å². The van der Waals surface area contributed by atoms with E-state index in [0.29, 0.717) is 12.2 Å². The molecule has 2 aromatic rings. The third-order valence-electron chi connectivity index (χ3n) is 2.56. The lowest BCUT2D eigenvalue weighted by molar-refractivity contribution is 0.0784. The van der Waals surface area contributed by atoms with E-state index >= 15 is 0 Å². The number of aliphatic hydroxyl groups is 1. The average molecular weight is 238 g/mol. The van der Waals surface area contributed by atoms with Gasteiger partial charge < -0.3 is 9.52 Å². The molecule has 0 aliphatic carbocycles. The molecule has 0 spiro atoms. The van der Waals surface area contributed by atoms with Gasteiger partial charge in [0.1, 0.15) is 5.76 Å². The van der Waals surface area contributed by atoms with E-state index in [9.17, 15) is 5.11 Å². The topological polar surface area (TPSA) is 33.4 Å². The first kappa shape index (κ1) is 12.2. The number of hydrogen-bond acceptors (Lipinski definition) is 2. The number of furan rings is 1. The van der Waals surface area contributed by atoms with Crippen LogP contribution in [0.15, 0.2) is 65.8 Å². The van der Waals surface area contributed by atoms with Crippen LogP contribution in [0.4, 0.5) is 0 Å². The first-order chi connectivity index (χ1) is 8.74. The van der Waals surface area contributed by atoms with Crippen molar-refractivity contribution >= 4 is 0 Å². The number of rotatable bonds is 3. The summed E-state index contributed by atoms with van der Waals surface area (Å²) in [7, 11) is 0. The van der Waals surface area contributed by atoms with Crippen LogP contribution in [0.2, 0.25) is 0 Å². The fraction of sp³-hybridized carbons (Fsp3) is 0.125. The monoisotopic (exact) mass is 238 g/mol.